The Kier molecular flexibility index (Phi) is 5.76. The maximum Gasteiger partial charge on any atom is 0.290 e. The van der Waals surface area contributed by atoms with Gasteiger partial charge in [-0.15, -0.1) is 0 Å². The predicted molar refractivity (Wildman–Crippen MR) is 99.5 cm³/mol. The second-order valence-corrected chi connectivity index (χ2v) is 6.41. The molecule has 0 saturated heterocycles. The van der Waals surface area contributed by atoms with E-state index in [9.17, 15) is 14.7 Å². The van der Waals surface area contributed by atoms with Crippen LogP contribution in [0.5, 0.6) is 0 Å². The highest BCUT2D eigenvalue weighted by atomic mass is 16.5. The van der Waals surface area contributed by atoms with Crippen LogP contribution in [0.1, 0.15) is 41.1 Å². The zero-order valence-corrected chi connectivity index (χ0v) is 15.5. The molecule has 1 aliphatic rings. The fourth-order valence-corrected chi connectivity index (χ4v) is 3.32. The number of aryl methyl sites for hydroxylation is 1. The van der Waals surface area contributed by atoms with Crippen LogP contribution in [0.3, 0.4) is 0 Å². The number of hydrogen-bond donors (Lipinski definition) is 1. The number of rotatable bonds is 8. The van der Waals surface area contributed by atoms with Gasteiger partial charge >= 0.3 is 0 Å². The molecule has 27 heavy (non-hydrogen) atoms. The maximum atomic E-state index is 12.9. The number of ketones is 1. The Bertz CT molecular complexity index is 836. The lowest BCUT2D eigenvalue weighted by Gasteiger charge is -2.26. The normalized spacial score (nSPS) is 17.0. The third kappa shape index (κ3) is 3.66. The second kappa shape index (κ2) is 8.22. The van der Waals surface area contributed by atoms with E-state index in [1.54, 1.807) is 13.2 Å². The van der Waals surface area contributed by atoms with Crippen molar-refractivity contribution in [2.24, 2.45) is 0 Å². The van der Waals surface area contributed by atoms with Crippen molar-refractivity contribution in [3.63, 3.8) is 0 Å². The van der Waals surface area contributed by atoms with Gasteiger partial charge < -0.3 is 19.2 Å². The monoisotopic (exact) mass is 369 g/mol. The van der Waals surface area contributed by atoms with Crippen molar-refractivity contribution in [1.82, 2.24) is 4.90 Å². The Hall–Kier alpha value is -2.86. The van der Waals surface area contributed by atoms with E-state index in [1.807, 2.05) is 24.3 Å². The summed E-state index contributed by atoms with van der Waals surface area (Å²) < 4.78 is 10.3. The van der Waals surface area contributed by atoms with Gasteiger partial charge in [-0.3, -0.25) is 9.59 Å². The van der Waals surface area contributed by atoms with Crippen LogP contribution in [0, 0.1) is 0 Å². The Labute approximate surface area is 158 Å². The van der Waals surface area contributed by atoms with Gasteiger partial charge in [-0.1, -0.05) is 31.2 Å². The van der Waals surface area contributed by atoms with Crippen molar-refractivity contribution in [2.75, 3.05) is 20.3 Å². The highest BCUT2D eigenvalue weighted by Crippen LogP contribution is 2.39. The lowest BCUT2D eigenvalue weighted by molar-refractivity contribution is -0.129. The van der Waals surface area contributed by atoms with Crippen LogP contribution in [-0.2, 0) is 16.0 Å². The molecule has 142 valence electrons. The van der Waals surface area contributed by atoms with Gasteiger partial charge in [0.2, 0.25) is 5.78 Å². The second-order valence-electron chi connectivity index (χ2n) is 6.41. The number of furan rings is 1. The average Bonchev–Trinajstić information content (AvgIpc) is 3.31. The number of hydrogen-bond acceptors (Lipinski definition) is 5. The number of methoxy groups -OCH3 is 1. The highest BCUT2D eigenvalue weighted by Gasteiger charge is 2.44. The standard InChI is InChI=1S/C21H23NO5/c1-3-14-7-9-15(10-8-14)18-17(19(23)16-6-4-13-27-16)20(24)21(25)22(18)11-5-12-26-2/h4,6-10,13,18,24H,3,5,11-12H2,1-2H3. The van der Waals surface area contributed by atoms with E-state index in [0.29, 0.717) is 19.6 Å². The summed E-state index contributed by atoms with van der Waals surface area (Å²) in [5, 5.41) is 10.5. The van der Waals surface area contributed by atoms with Crippen LogP contribution in [0.15, 0.2) is 58.4 Å². The van der Waals surface area contributed by atoms with Gasteiger partial charge in [0.15, 0.2) is 11.5 Å². The van der Waals surface area contributed by atoms with Crippen molar-refractivity contribution in [2.45, 2.75) is 25.8 Å². The Morgan fingerprint density at radius 2 is 2.00 bits per heavy atom. The number of aliphatic hydroxyl groups excluding tert-OH is 1. The van der Waals surface area contributed by atoms with Crippen LogP contribution >= 0.6 is 0 Å². The molecule has 0 fully saturated rings. The number of carbonyl (C=O) groups excluding carboxylic acids is 2. The van der Waals surface area contributed by atoms with Crippen molar-refractivity contribution in [3.8, 4) is 0 Å². The molecular formula is C21H23NO5. The molecule has 0 aliphatic carbocycles. The van der Waals surface area contributed by atoms with Crippen molar-refractivity contribution >= 4 is 11.7 Å². The molecule has 1 aromatic carbocycles. The number of amides is 1. The number of benzene rings is 1. The lowest BCUT2D eigenvalue weighted by atomic mass is 9.94. The molecular weight excluding hydrogens is 346 g/mol. The van der Waals surface area contributed by atoms with E-state index >= 15 is 0 Å². The van der Waals surface area contributed by atoms with Gasteiger partial charge in [0, 0.05) is 20.3 Å². The van der Waals surface area contributed by atoms with E-state index in [1.165, 1.54) is 17.2 Å². The van der Waals surface area contributed by atoms with Gasteiger partial charge in [0.05, 0.1) is 17.9 Å². The molecule has 6 nitrogen and oxygen atoms in total. The summed E-state index contributed by atoms with van der Waals surface area (Å²) in [6, 6.07) is 10.2. The first-order valence-corrected chi connectivity index (χ1v) is 8.98. The first-order valence-electron chi connectivity index (χ1n) is 8.98. The van der Waals surface area contributed by atoms with Crippen LogP contribution < -0.4 is 0 Å². The molecule has 0 bridgehead atoms. The van der Waals surface area contributed by atoms with Crippen molar-refractivity contribution in [3.05, 3.63) is 70.9 Å². The third-order valence-corrected chi connectivity index (χ3v) is 4.74. The lowest BCUT2D eigenvalue weighted by Crippen LogP contribution is -2.32. The minimum absolute atomic E-state index is 0.0524. The van der Waals surface area contributed by atoms with Gasteiger partial charge in [0.25, 0.3) is 5.91 Å². The summed E-state index contributed by atoms with van der Waals surface area (Å²) in [7, 11) is 1.59. The van der Waals surface area contributed by atoms with Crippen LogP contribution in [-0.4, -0.2) is 42.0 Å². The van der Waals surface area contributed by atoms with Gasteiger partial charge in [-0.2, -0.15) is 0 Å². The minimum atomic E-state index is -0.655. The number of nitrogens with zero attached hydrogens (tertiary/aromatic N) is 1. The summed E-state index contributed by atoms with van der Waals surface area (Å²) in [6.07, 6.45) is 2.88. The molecule has 2 aromatic rings. The summed E-state index contributed by atoms with van der Waals surface area (Å²) in [4.78, 5) is 27.1. The fourth-order valence-electron chi connectivity index (χ4n) is 3.32. The van der Waals surface area contributed by atoms with E-state index in [0.717, 1.165) is 17.5 Å². The molecule has 0 spiro atoms. The number of aliphatic hydroxyl groups is 1. The first-order chi connectivity index (χ1) is 13.1. The molecule has 2 heterocycles. The van der Waals surface area contributed by atoms with Crippen LogP contribution in [0.25, 0.3) is 0 Å². The number of carbonyl (C=O) groups is 2. The number of ether oxygens (including phenoxy) is 1. The van der Waals surface area contributed by atoms with Crippen LogP contribution in [0.4, 0.5) is 0 Å². The van der Waals surface area contributed by atoms with E-state index in [2.05, 4.69) is 6.92 Å². The molecule has 0 saturated carbocycles. The maximum absolute atomic E-state index is 12.9. The summed E-state index contributed by atoms with van der Waals surface area (Å²) in [6.45, 7) is 2.90. The van der Waals surface area contributed by atoms with E-state index in [-0.39, 0.29) is 11.3 Å². The highest BCUT2D eigenvalue weighted by molar-refractivity contribution is 6.14. The van der Waals surface area contributed by atoms with Crippen molar-refractivity contribution < 1.29 is 23.8 Å². The molecule has 1 amide bonds. The topological polar surface area (TPSA) is 80.0 Å². The Balaban J connectivity index is 2.01. The third-order valence-electron chi connectivity index (χ3n) is 4.74. The van der Waals surface area contributed by atoms with E-state index in [4.69, 9.17) is 9.15 Å². The van der Waals surface area contributed by atoms with Crippen molar-refractivity contribution in [1.29, 1.82) is 0 Å². The number of Topliss-reactive ketones (excluding diaryl/α,β-unsaturated/α-hetero) is 1. The smallest absolute Gasteiger partial charge is 0.290 e. The Morgan fingerprint density at radius 3 is 2.59 bits per heavy atom. The molecule has 1 aromatic heterocycles. The summed E-state index contributed by atoms with van der Waals surface area (Å²) in [5.41, 5.74) is 1.98. The zero-order valence-electron chi connectivity index (χ0n) is 15.5. The predicted octanol–water partition coefficient (Wildman–Crippen LogP) is 3.46. The molecule has 1 unspecified atom stereocenters. The SMILES string of the molecule is CCc1ccc(C2C(C(=O)c3ccco3)=C(O)C(=O)N2CCCOC)cc1. The van der Waals surface area contributed by atoms with Gasteiger partial charge in [-0.25, -0.2) is 0 Å². The van der Waals surface area contributed by atoms with Gasteiger partial charge in [0.1, 0.15) is 0 Å². The van der Waals surface area contributed by atoms with E-state index < -0.39 is 23.5 Å². The largest absolute Gasteiger partial charge is 0.503 e. The average molecular weight is 369 g/mol. The zero-order chi connectivity index (χ0) is 19.4. The summed E-state index contributed by atoms with van der Waals surface area (Å²) in [5.74, 6) is -1.45. The van der Waals surface area contributed by atoms with Gasteiger partial charge in [-0.05, 0) is 36.1 Å². The van der Waals surface area contributed by atoms with Crippen LogP contribution in [0.2, 0.25) is 0 Å². The molecule has 1 atom stereocenters. The molecule has 1 N–H and O–H groups in total. The quantitative estimate of drug-likeness (QED) is 0.569. The minimum Gasteiger partial charge on any atom is -0.503 e. The first kappa shape index (κ1) is 18.9. The Morgan fingerprint density at radius 1 is 1.26 bits per heavy atom. The fraction of sp³-hybridized carbons (Fsp3) is 0.333. The molecule has 3 rings (SSSR count). The molecule has 6 heteroatoms. The molecule has 1 aliphatic heterocycles. The molecule has 0 radical (unpaired) electrons. The summed E-state index contributed by atoms with van der Waals surface area (Å²) >= 11 is 0.